The molecular weight excluding hydrogens is 234 g/mol. The van der Waals surface area contributed by atoms with Gasteiger partial charge in [-0.2, -0.15) is 4.98 Å². The van der Waals surface area contributed by atoms with Crippen molar-refractivity contribution >= 4 is 5.97 Å². The lowest BCUT2D eigenvalue weighted by molar-refractivity contribution is 0.0696. The van der Waals surface area contributed by atoms with Crippen molar-refractivity contribution in [1.82, 2.24) is 14.7 Å². The highest BCUT2D eigenvalue weighted by atomic mass is 16.5. The van der Waals surface area contributed by atoms with E-state index in [0.29, 0.717) is 29.6 Å². The molecule has 0 radical (unpaired) electrons. The summed E-state index contributed by atoms with van der Waals surface area (Å²) < 4.78 is 6.96. The van der Waals surface area contributed by atoms with Gasteiger partial charge in [-0.15, -0.1) is 0 Å². The summed E-state index contributed by atoms with van der Waals surface area (Å²) in [5, 5.41) is 12.9. The van der Waals surface area contributed by atoms with Crippen molar-refractivity contribution in [2.75, 3.05) is 0 Å². The molecule has 3 rings (SSSR count). The highest BCUT2D eigenvalue weighted by Gasteiger charge is 2.28. The number of aromatic carboxylic acids is 1. The number of carboxylic acids is 1. The standard InChI is InChI=1S/C12H13N3O3/c1-7-9(12(16)17)4-5-15(7)6-10-13-11(14-18-10)8-2-3-8/h4-5,8H,2-3,6H2,1H3,(H,16,17). The Hall–Kier alpha value is -2.11. The maximum atomic E-state index is 10.9. The second-order valence-electron chi connectivity index (χ2n) is 4.57. The molecule has 94 valence electrons. The fourth-order valence-electron chi connectivity index (χ4n) is 1.93. The van der Waals surface area contributed by atoms with E-state index in [2.05, 4.69) is 10.1 Å². The third-order valence-corrected chi connectivity index (χ3v) is 3.20. The van der Waals surface area contributed by atoms with Gasteiger partial charge in [0, 0.05) is 17.8 Å². The molecule has 6 heteroatoms. The maximum Gasteiger partial charge on any atom is 0.337 e. The second kappa shape index (κ2) is 3.97. The van der Waals surface area contributed by atoms with Crippen molar-refractivity contribution in [1.29, 1.82) is 0 Å². The first-order valence-corrected chi connectivity index (χ1v) is 5.86. The van der Waals surface area contributed by atoms with Crippen LogP contribution in [0, 0.1) is 6.92 Å². The van der Waals surface area contributed by atoms with Crippen molar-refractivity contribution in [3.05, 3.63) is 35.2 Å². The quantitative estimate of drug-likeness (QED) is 0.890. The predicted molar refractivity (Wildman–Crippen MR) is 61.5 cm³/mol. The summed E-state index contributed by atoms with van der Waals surface area (Å²) in [6.07, 6.45) is 3.98. The van der Waals surface area contributed by atoms with E-state index in [1.54, 1.807) is 23.8 Å². The molecule has 0 spiro atoms. The van der Waals surface area contributed by atoms with E-state index in [0.717, 1.165) is 18.7 Å². The molecule has 2 aromatic rings. The molecule has 0 atom stereocenters. The van der Waals surface area contributed by atoms with Gasteiger partial charge in [0.05, 0.1) is 5.56 Å². The molecule has 0 aliphatic heterocycles. The van der Waals surface area contributed by atoms with E-state index in [4.69, 9.17) is 9.63 Å². The Morgan fingerprint density at radius 1 is 1.61 bits per heavy atom. The molecule has 0 bridgehead atoms. The van der Waals surface area contributed by atoms with E-state index < -0.39 is 5.97 Å². The molecule has 6 nitrogen and oxygen atoms in total. The molecule has 0 aromatic carbocycles. The third kappa shape index (κ3) is 1.90. The monoisotopic (exact) mass is 247 g/mol. The largest absolute Gasteiger partial charge is 0.478 e. The molecule has 1 N–H and O–H groups in total. The minimum atomic E-state index is -0.921. The summed E-state index contributed by atoms with van der Waals surface area (Å²) in [4.78, 5) is 15.2. The molecule has 1 saturated carbocycles. The van der Waals surface area contributed by atoms with Crippen LogP contribution >= 0.6 is 0 Å². The van der Waals surface area contributed by atoms with Crippen LogP contribution in [-0.4, -0.2) is 25.8 Å². The Morgan fingerprint density at radius 2 is 2.39 bits per heavy atom. The van der Waals surface area contributed by atoms with Crippen molar-refractivity contribution < 1.29 is 14.4 Å². The van der Waals surface area contributed by atoms with E-state index in [1.165, 1.54) is 0 Å². The lowest BCUT2D eigenvalue weighted by Gasteiger charge is -2.02. The van der Waals surface area contributed by atoms with E-state index >= 15 is 0 Å². The van der Waals surface area contributed by atoms with E-state index in [-0.39, 0.29) is 0 Å². The minimum absolute atomic E-state index is 0.303. The van der Waals surface area contributed by atoms with Gasteiger partial charge < -0.3 is 14.2 Å². The third-order valence-electron chi connectivity index (χ3n) is 3.20. The van der Waals surface area contributed by atoms with Crippen LogP contribution < -0.4 is 0 Å². The molecule has 2 aromatic heterocycles. The zero-order valence-electron chi connectivity index (χ0n) is 9.96. The zero-order chi connectivity index (χ0) is 12.7. The highest BCUT2D eigenvalue weighted by Crippen LogP contribution is 2.38. The summed E-state index contributed by atoms with van der Waals surface area (Å²) in [7, 11) is 0. The van der Waals surface area contributed by atoms with Crippen LogP contribution in [-0.2, 0) is 6.54 Å². The molecule has 0 amide bonds. The number of rotatable bonds is 4. The molecule has 1 aliphatic rings. The number of hydrogen-bond acceptors (Lipinski definition) is 4. The number of nitrogens with zero attached hydrogens (tertiary/aromatic N) is 3. The first-order chi connectivity index (χ1) is 8.65. The van der Waals surface area contributed by atoms with Crippen LogP contribution in [0.4, 0.5) is 0 Å². The Balaban J connectivity index is 1.80. The fourth-order valence-corrected chi connectivity index (χ4v) is 1.93. The molecule has 1 aliphatic carbocycles. The number of hydrogen-bond donors (Lipinski definition) is 1. The van der Waals surface area contributed by atoms with E-state index in [1.807, 2.05) is 0 Å². The topological polar surface area (TPSA) is 81.1 Å². The van der Waals surface area contributed by atoms with Gasteiger partial charge in [0.2, 0.25) is 5.89 Å². The molecule has 18 heavy (non-hydrogen) atoms. The van der Waals surface area contributed by atoms with Gasteiger partial charge in [-0.25, -0.2) is 4.79 Å². The second-order valence-corrected chi connectivity index (χ2v) is 4.57. The molecule has 2 heterocycles. The summed E-state index contributed by atoms with van der Waals surface area (Å²) in [5.74, 6) is 0.832. The van der Waals surface area contributed by atoms with Crippen LogP contribution in [0.15, 0.2) is 16.8 Å². The van der Waals surface area contributed by atoms with Crippen molar-refractivity contribution in [2.45, 2.75) is 32.2 Å². The first-order valence-electron chi connectivity index (χ1n) is 5.86. The fraction of sp³-hybridized carbons (Fsp3) is 0.417. The Labute approximate surface area is 103 Å². The average Bonchev–Trinajstić information content (AvgIpc) is 2.97. The molecule has 0 unspecified atom stereocenters. The van der Waals surface area contributed by atoms with Crippen LogP contribution in [0.3, 0.4) is 0 Å². The lowest BCUT2D eigenvalue weighted by Crippen LogP contribution is -2.04. The molecule has 0 saturated heterocycles. The number of aromatic nitrogens is 3. The normalized spacial score (nSPS) is 14.9. The van der Waals surface area contributed by atoms with Gasteiger partial charge in [-0.1, -0.05) is 5.16 Å². The van der Waals surface area contributed by atoms with Crippen molar-refractivity contribution in [3.8, 4) is 0 Å². The van der Waals surface area contributed by atoms with Gasteiger partial charge >= 0.3 is 5.97 Å². The van der Waals surface area contributed by atoms with Crippen LogP contribution in [0.1, 0.15) is 46.5 Å². The number of carboxylic acid groups (broad SMARTS) is 1. The summed E-state index contributed by atoms with van der Waals surface area (Å²) in [6, 6.07) is 1.58. The minimum Gasteiger partial charge on any atom is -0.478 e. The van der Waals surface area contributed by atoms with Gasteiger partial charge in [0.1, 0.15) is 6.54 Å². The summed E-state index contributed by atoms with van der Waals surface area (Å²) in [6.45, 7) is 2.18. The highest BCUT2D eigenvalue weighted by molar-refractivity contribution is 5.88. The zero-order valence-corrected chi connectivity index (χ0v) is 9.96. The summed E-state index contributed by atoms with van der Waals surface area (Å²) in [5.41, 5.74) is 0.991. The lowest BCUT2D eigenvalue weighted by atomic mass is 10.2. The van der Waals surface area contributed by atoms with Gasteiger partial charge in [0.25, 0.3) is 0 Å². The van der Waals surface area contributed by atoms with Crippen molar-refractivity contribution in [3.63, 3.8) is 0 Å². The van der Waals surface area contributed by atoms with Gasteiger partial charge in [0.15, 0.2) is 5.82 Å². The van der Waals surface area contributed by atoms with Gasteiger partial charge in [-0.05, 0) is 25.8 Å². The number of carbonyl (C=O) groups is 1. The summed E-state index contributed by atoms with van der Waals surface area (Å²) >= 11 is 0. The predicted octanol–water partition coefficient (Wildman–Crippen LogP) is 1.80. The molecular formula is C12H13N3O3. The SMILES string of the molecule is Cc1c(C(=O)O)ccn1Cc1nc(C2CC2)no1. The Kier molecular flexibility index (Phi) is 2.43. The Bertz CT molecular complexity index is 595. The first kappa shape index (κ1) is 11.0. The van der Waals surface area contributed by atoms with Crippen LogP contribution in [0.2, 0.25) is 0 Å². The smallest absolute Gasteiger partial charge is 0.337 e. The molecule has 1 fully saturated rings. The van der Waals surface area contributed by atoms with Crippen LogP contribution in [0.5, 0.6) is 0 Å². The average molecular weight is 247 g/mol. The van der Waals surface area contributed by atoms with Crippen LogP contribution in [0.25, 0.3) is 0 Å². The van der Waals surface area contributed by atoms with Crippen molar-refractivity contribution in [2.24, 2.45) is 0 Å². The van der Waals surface area contributed by atoms with Gasteiger partial charge in [-0.3, -0.25) is 0 Å². The van der Waals surface area contributed by atoms with E-state index in [9.17, 15) is 4.79 Å². The Morgan fingerprint density at radius 3 is 3.00 bits per heavy atom. The maximum absolute atomic E-state index is 10.9.